The summed E-state index contributed by atoms with van der Waals surface area (Å²) in [5, 5.41) is 5.77. The highest BCUT2D eigenvalue weighted by Crippen LogP contribution is 2.37. The van der Waals surface area contributed by atoms with E-state index < -0.39 is 6.55 Å². The molecule has 1 saturated carbocycles. The molecule has 0 spiro atoms. The van der Waals surface area contributed by atoms with E-state index in [0.717, 1.165) is 23.0 Å². The summed E-state index contributed by atoms with van der Waals surface area (Å²) >= 11 is 0. The molecule has 134 valence electrons. The molecule has 2 N–H and O–H groups in total. The summed E-state index contributed by atoms with van der Waals surface area (Å²) in [5.74, 6) is 0.708. The molecule has 25 heavy (non-hydrogen) atoms. The molecule has 1 atom stereocenters. The number of hydrogen-bond acceptors (Lipinski definition) is 2. The first-order valence-electron chi connectivity index (χ1n) is 8.54. The molecular formula is C18H22F2N4O. The molecule has 0 unspecified atom stereocenters. The van der Waals surface area contributed by atoms with Crippen LogP contribution in [0, 0.1) is 5.92 Å². The number of amides is 2. The van der Waals surface area contributed by atoms with Crippen LogP contribution in [0.5, 0.6) is 0 Å². The van der Waals surface area contributed by atoms with Gasteiger partial charge in [-0.3, -0.25) is 4.57 Å². The van der Waals surface area contributed by atoms with Gasteiger partial charge < -0.3 is 10.6 Å². The minimum Gasteiger partial charge on any atom is -0.338 e. The Morgan fingerprint density at radius 3 is 2.68 bits per heavy atom. The molecule has 7 heteroatoms. The van der Waals surface area contributed by atoms with Crippen molar-refractivity contribution >= 4 is 6.03 Å². The van der Waals surface area contributed by atoms with Crippen molar-refractivity contribution < 1.29 is 13.6 Å². The number of alkyl halides is 2. The van der Waals surface area contributed by atoms with Gasteiger partial charge in [-0.2, -0.15) is 8.78 Å². The summed E-state index contributed by atoms with van der Waals surface area (Å²) < 4.78 is 26.3. The van der Waals surface area contributed by atoms with E-state index in [0.29, 0.717) is 5.92 Å². The lowest BCUT2D eigenvalue weighted by Gasteiger charge is -2.34. The first-order valence-corrected chi connectivity index (χ1v) is 8.54. The lowest BCUT2D eigenvalue weighted by atomic mass is 9.77. The summed E-state index contributed by atoms with van der Waals surface area (Å²) in [6.07, 6.45) is 6.22. The number of halogens is 2. The van der Waals surface area contributed by atoms with Crippen LogP contribution >= 0.6 is 0 Å². The predicted octanol–water partition coefficient (Wildman–Crippen LogP) is 3.66. The number of nitrogens with one attached hydrogen (secondary N) is 2. The number of benzene rings is 1. The van der Waals surface area contributed by atoms with Crippen LogP contribution in [0.25, 0.3) is 0 Å². The molecule has 1 aliphatic rings. The predicted molar refractivity (Wildman–Crippen MR) is 90.2 cm³/mol. The van der Waals surface area contributed by atoms with Gasteiger partial charge in [-0.05, 0) is 24.3 Å². The van der Waals surface area contributed by atoms with Gasteiger partial charge in [0.1, 0.15) is 5.82 Å². The standard InChI is InChI=1S/C18H22F2N4O/c19-17(20)24-12-11-21-15(24)9-10-22-18(25)23-16(14-7-4-8-14)13-5-2-1-3-6-13/h1-3,5-6,11-12,14,16-17H,4,7-10H2,(H2,22,23,25)/t16-/m1/s1. The van der Waals surface area contributed by atoms with Crippen LogP contribution in [-0.2, 0) is 6.42 Å². The second-order valence-corrected chi connectivity index (χ2v) is 6.26. The molecule has 2 aromatic rings. The van der Waals surface area contributed by atoms with Gasteiger partial charge in [-0.25, -0.2) is 9.78 Å². The van der Waals surface area contributed by atoms with Crippen LogP contribution in [0.3, 0.4) is 0 Å². The zero-order valence-corrected chi connectivity index (χ0v) is 13.9. The summed E-state index contributed by atoms with van der Waals surface area (Å²) in [6.45, 7) is -2.37. The van der Waals surface area contributed by atoms with Crippen LogP contribution in [0.15, 0.2) is 42.7 Å². The Hall–Kier alpha value is -2.44. The number of rotatable bonds is 7. The van der Waals surface area contributed by atoms with Crippen molar-refractivity contribution in [3.63, 3.8) is 0 Å². The number of nitrogens with zero attached hydrogens (tertiary/aromatic N) is 2. The SMILES string of the molecule is O=C(NCCc1nccn1C(F)F)N[C@H](c1ccccc1)C1CCC1. The van der Waals surface area contributed by atoms with E-state index in [1.54, 1.807) is 0 Å². The monoisotopic (exact) mass is 348 g/mol. The third-order valence-corrected chi connectivity index (χ3v) is 4.66. The van der Waals surface area contributed by atoms with Crippen LogP contribution in [0.4, 0.5) is 13.6 Å². The molecule has 1 aromatic carbocycles. The lowest BCUT2D eigenvalue weighted by Crippen LogP contribution is -2.42. The molecule has 0 aliphatic heterocycles. The molecule has 5 nitrogen and oxygen atoms in total. The molecule has 2 amide bonds. The second kappa shape index (κ2) is 8.09. The average Bonchev–Trinajstić information content (AvgIpc) is 3.02. The van der Waals surface area contributed by atoms with E-state index in [-0.39, 0.29) is 30.9 Å². The van der Waals surface area contributed by atoms with E-state index in [2.05, 4.69) is 15.6 Å². The van der Waals surface area contributed by atoms with Crippen molar-refractivity contribution in [1.29, 1.82) is 0 Å². The highest BCUT2D eigenvalue weighted by atomic mass is 19.3. The number of hydrogen-bond donors (Lipinski definition) is 2. The number of imidazole rings is 1. The quantitative estimate of drug-likeness (QED) is 0.802. The van der Waals surface area contributed by atoms with Crippen molar-refractivity contribution in [2.75, 3.05) is 6.54 Å². The van der Waals surface area contributed by atoms with E-state index >= 15 is 0 Å². The third-order valence-electron chi connectivity index (χ3n) is 4.66. The molecule has 0 radical (unpaired) electrons. The highest BCUT2D eigenvalue weighted by molar-refractivity contribution is 5.74. The summed E-state index contributed by atoms with van der Waals surface area (Å²) in [4.78, 5) is 16.1. The topological polar surface area (TPSA) is 59.0 Å². The Morgan fingerprint density at radius 1 is 1.28 bits per heavy atom. The Kier molecular flexibility index (Phi) is 5.63. The van der Waals surface area contributed by atoms with Crippen LogP contribution < -0.4 is 10.6 Å². The van der Waals surface area contributed by atoms with Gasteiger partial charge in [0.2, 0.25) is 0 Å². The van der Waals surface area contributed by atoms with E-state index in [1.165, 1.54) is 18.8 Å². The third kappa shape index (κ3) is 4.35. The second-order valence-electron chi connectivity index (χ2n) is 6.26. The van der Waals surface area contributed by atoms with E-state index in [1.807, 2.05) is 30.3 Å². The highest BCUT2D eigenvalue weighted by Gasteiger charge is 2.29. The van der Waals surface area contributed by atoms with Gasteiger partial charge >= 0.3 is 12.6 Å². The van der Waals surface area contributed by atoms with Gasteiger partial charge in [0.05, 0.1) is 6.04 Å². The molecule has 1 aromatic heterocycles. The molecule has 3 rings (SSSR count). The van der Waals surface area contributed by atoms with Crippen molar-refractivity contribution in [3.8, 4) is 0 Å². The number of carbonyl (C=O) groups is 1. The minimum atomic E-state index is -2.62. The first-order chi connectivity index (χ1) is 12.1. The Labute approximate surface area is 145 Å². The van der Waals surface area contributed by atoms with E-state index in [9.17, 15) is 13.6 Å². The fraction of sp³-hybridized carbons (Fsp3) is 0.444. The molecule has 0 bridgehead atoms. The number of aromatic nitrogens is 2. The number of urea groups is 1. The normalized spacial score (nSPS) is 15.6. The molecule has 1 heterocycles. The van der Waals surface area contributed by atoms with E-state index in [4.69, 9.17) is 0 Å². The zero-order valence-electron chi connectivity index (χ0n) is 13.9. The fourth-order valence-corrected chi connectivity index (χ4v) is 3.10. The van der Waals surface area contributed by atoms with Crippen molar-refractivity contribution in [3.05, 3.63) is 54.1 Å². The van der Waals surface area contributed by atoms with Crippen molar-refractivity contribution in [1.82, 2.24) is 20.2 Å². The van der Waals surface area contributed by atoms with Gasteiger partial charge in [0, 0.05) is 25.4 Å². The summed E-state index contributed by atoms with van der Waals surface area (Å²) in [5.41, 5.74) is 1.09. The maximum absolute atomic E-state index is 12.8. The molecule has 1 fully saturated rings. The maximum Gasteiger partial charge on any atom is 0.319 e. The first kappa shape index (κ1) is 17.4. The molecular weight excluding hydrogens is 326 g/mol. The summed E-state index contributed by atoms with van der Waals surface area (Å²) in [6, 6.07) is 9.61. The lowest BCUT2D eigenvalue weighted by molar-refractivity contribution is 0.0670. The number of carbonyl (C=O) groups excluding carboxylic acids is 1. The minimum absolute atomic E-state index is 0.0157. The fourth-order valence-electron chi connectivity index (χ4n) is 3.10. The Balaban J connectivity index is 1.53. The Bertz CT molecular complexity index is 685. The van der Waals surface area contributed by atoms with Crippen molar-refractivity contribution in [2.24, 2.45) is 5.92 Å². The van der Waals surface area contributed by atoms with Crippen molar-refractivity contribution in [2.45, 2.75) is 38.3 Å². The van der Waals surface area contributed by atoms with Crippen LogP contribution in [0.1, 0.15) is 43.2 Å². The smallest absolute Gasteiger partial charge is 0.319 e. The van der Waals surface area contributed by atoms with Gasteiger partial charge in [-0.1, -0.05) is 36.8 Å². The van der Waals surface area contributed by atoms with Crippen LogP contribution in [-0.4, -0.2) is 22.1 Å². The molecule has 1 aliphatic carbocycles. The summed E-state index contributed by atoms with van der Waals surface area (Å²) in [7, 11) is 0. The maximum atomic E-state index is 12.8. The average molecular weight is 348 g/mol. The zero-order chi connectivity index (χ0) is 17.6. The Morgan fingerprint density at radius 2 is 2.04 bits per heavy atom. The largest absolute Gasteiger partial charge is 0.338 e. The van der Waals surface area contributed by atoms with Gasteiger partial charge in [0.15, 0.2) is 0 Å². The van der Waals surface area contributed by atoms with Crippen LogP contribution in [0.2, 0.25) is 0 Å². The molecule has 0 saturated heterocycles. The van der Waals surface area contributed by atoms with Gasteiger partial charge in [0.25, 0.3) is 0 Å². The van der Waals surface area contributed by atoms with Gasteiger partial charge in [-0.15, -0.1) is 0 Å².